The summed E-state index contributed by atoms with van der Waals surface area (Å²) >= 11 is 0. The largest absolute Gasteiger partial charge is 0.447 e. The zero-order chi connectivity index (χ0) is 21.9. The Labute approximate surface area is 177 Å². The molecule has 0 fully saturated rings. The molecule has 0 aliphatic heterocycles. The number of carbonyl (C=O) groups excluding carboxylic acids is 3. The number of nitrogens with one attached hydrogen (secondary N) is 2. The molecule has 0 spiro atoms. The van der Waals surface area contributed by atoms with Crippen LogP contribution in [0.25, 0.3) is 0 Å². The summed E-state index contributed by atoms with van der Waals surface area (Å²) in [5, 5.41) is 5.39. The Morgan fingerprint density at radius 2 is 1.73 bits per heavy atom. The highest BCUT2D eigenvalue weighted by molar-refractivity contribution is 5.96. The zero-order valence-corrected chi connectivity index (χ0v) is 17.4. The average Bonchev–Trinajstić information content (AvgIpc) is 2.71. The molecular formula is C23H29N3O4. The summed E-state index contributed by atoms with van der Waals surface area (Å²) in [5.74, 6) is -0.836. The second-order valence-electron chi connectivity index (χ2n) is 7.19. The number of esters is 1. The Bertz CT molecular complexity index is 868. The number of nitrogens with two attached hydrogens (primary N) is 1. The van der Waals surface area contributed by atoms with Crippen molar-refractivity contribution in [3.63, 3.8) is 0 Å². The molecule has 2 aromatic carbocycles. The van der Waals surface area contributed by atoms with Gasteiger partial charge in [0.25, 0.3) is 5.91 Å². The second-order valence-corrected chi connectivity index (χ2v) is 7.19. The molecule has 30 heavy (non-hydrogen) atoms. The Balaban J connectivity index is 1.98. The molecule has 7 heteroatoms. The van der Waals surface area contributed by atoms with E-state index >= 15 is 0 Å². The lowest BCUT2D eigenvalue weighted by Crippen LogP contribution is -2.30. The molecule has 4 N–H and O–H groups in total. The van der Waals surface area contributed by atoms with Crippen molar-refractivity contribution in [3.8, 4) is 0 Å². The first-order valence-corrected chi connectivity index (χ1v) is 10.0. The molecule has 0 aromatic heterocycles. The third kappa shape index (κ3) is 7.58. The number of ether oxygens (including phenoxy) is 1. The van der Waals surface area contributed by atoms with Crippen LogP contribution in [-0.4, -0.2) is 24.5 Å². The van der Waals surface area contributed by atoms with Crippen molar-refractivity contribution in [2.45, 2.75) is 45.6 Å². The highest BCUT2D eigenvalue weighted by Crippen LogP contribution is 2.23. The number of aryl methyl sites for hydroxylation is 2. The van der Waals surface area contributed by atoms with Crippen LogP contribution in [0.2, 0.25) is 0 Å². The van der Waals surface area contributed by atoms with Crippen molar-refractivity contribution >= 4 is 23.6 Å². The summed E-state index contributed by atoms with van der Waals surface area (Å²) < 4.78 is 5.54. The van der Waals surface area contributed by atoms with Crippen molar-refractivity contribution < 1.29 is 19.1 Å². The van der Waals surface area contributed by atoms with E-state index in [0.29, 0.717) is 30.6 Å². The van der Waals surface area contributed by atoms with E-state index in [0.717, 1.165) is 17.5 Å². The fourth-order valence-electron chi connectivity index (χ4n) is 2.94. The van der Waals surface area contributed by atoms with Gasteiger partial charge in [0.2, 0.25) is 6.10 Å². The standard InChI is InChI=1S/C23H29N3O4/c1-16-12-13-17(2)19(15-16)26-22(28)21(18-9-5-3-6-10-18)30-20(27)11-7-4-8-14-25-23(24)29/h3,5-6,9-10,12-13,15,21H,4,7-8,11,14H2,1-2H3,(H,26,28)(H3,24,25,29)/t21-/m0/s1. The number of unbranched alkanes of at least 4 members (excludes halogenated alkanes) is 2. The fraction of sp³-hybridized carbons (Fsp3) is 0.348. The van der Waals surface area contributed by atoms with Crippen molar-refractivity contribution in [2.75, 3.05) is 11.9 Å². The van der Waals surface area contributed by atoms with Crippen molar-refractivity contribution in [2.24, 2.45) is 5.73 Å². The molecule has 3 amide bonds. The molecule has 0 saturated carbocycles. The number of amides is 3. The van der Waals surface area contributed by atoms with Gasteiger partial charge in [0.15, 0.2) is 0 Å². The monoisotopic (exact) mass is 411 g/mol. The van der Waals surface area contributed by atoms with Crippen molar-refractivity contribution in [3.05, 3.63) is 65.2 Å². The predicted molar refractivity (Wildman–Crippen MR) is 116 cm³/mol. The van der Waals surface area contributed by atoms with Crippen LogP contribution in [-0.2, 0) is 14.3 Å². The van der Waals surface area contributed by atoms with E-state index in [9.17, 15) is 14.4 Å². The van der Waals surface area contributed by atoms with Gasteiger partial charge in [-0.2, -0.15) is 0 Å². The lowest BCUT2D eigenvalue weighted by atomic mass is 10.1. The quantitative estimate of drug-likeness (QED) is 0.408. The number of rotatable bonds is 10. The maximum atomic E-state index is 13.0. The highest BCUT2D eigenvalue weighted by Gasteiger charge is 2.25. The summed E-state index contributed by atoms with van der Waals surface area (Å²) in [5.41, 5.74) is 8.26. The van der Waals surface area contributed by atoms with E-state index in [1.807, 2.05) is 38.1 Å². The fourth-order valence-corrected chi connectivity index (χ4v) is 2.94. The molecule has 0 bridgehead atoms. The van der Waals surface area contributed by atoms with Crippen LogP contribution in [0.4, 0.5) is 10.5 Å². The van der Waals surface area contributed by atoms with Gasteiger partial charge in [-0.15, -0.1) is 0 Å². The molecule has 2 aromatic rings. The lowest BCUT2D eigenvalue weighted by molar-refractivity contribution is -0.154. The molecule has 1 atom stereocenters. The average molecular weight is 412 g/mol. The topological polar surface area (TPSA) is 111 Å². The van der Waals surface area contributed by atoms with Crippen molar-refractivity contribution in [1.29, 1.82) is 0 Å². The van der Waals surface area contributed by atoms with Gasteiger partial charge in [0.1, 0.15) is 0 Å². The first-order chi connectivity index (χ1) is 14.4. The normalized spacial score (nSPS) is 11.4. The van der Waals surface area contributed by atoms with Crippen LogP contribution >= 0.6 is 0 Å². The van der Waals surface area contributed by atoms with Gasteiger partial charge in [-0.05, 0) is 43.9 Å². The van der Waals surface area contributed by atoms with Crippen LogP contribution in [0.1, 0.15) is 48.5 Å². The first kappa shape index (κ1) is 22.9. The van der Waals surface area contributed by atoms with E-state index in [-0.39, 0.29) is 6.42 Å². The van der Waals surface area contributed by atoms with Gasteiger partial charge in [0.05, 0.1) is 0 Å². The third-order valence-corrected chi connectivity index (χ3v) is 4.60. The van der Waals surface area contributed by atoms with E-state index in [4.69, 9.17) is 10.5 Å². The smallest absolute Gasteiger partial charge is 0.312 e. The number of hydrogen-bond donors (Lipinski definition) is 3. The van der Waals surface area contributed by atoms with E-state index in [1.165, 1.54) is 0 Å². The van der Waals surface area contributed by atoms with Crippen LogP contribution in [0.5, 0.6) is 0 Å². The molecule has 0 saturated heterocycles. The molecule has 7 nitrogen and oxygen atoms in total. The van der Waals surface area contributed by atoms with E-state index < -0.39 is 24.0 Å². The highest BCUT2D eigenvalue weighted by atomic mass is 16.5. The summed E-state index contributed by atoms with van der Waals surface area (Å²) in [7, 11) is 0. The predicted octanol–water partition coefficient (Wildman–Crippen LogP) is 3.76. The zero-order valence-electron chi connectivity index (χ0n) is 17.4. The minimum atomic E-state index is -1.03. The Kier molecular flexibility index (Phi) is 8.87. The number of carbonyl (C=O) groups is 3. The maximum absolute atomic E-state index is 13.0. The number of primary amides is 1. The molecule has 0 radical (unpaired) electrons. The molecule has 0 aliphatic carbocycles. The minimum absolute atomic E-state index is 0.191. The third-order valence-electron chi connectivity index (χ3n) is 4.60. The van der Waals surface area contributed by atoms with Gasteiger partial charge in [-0.3, -0.25) is 9.59 Å². The number of hydrogen-bond acceptors (Lipinski definition) is 4. The molecular weight excluding hydrogens is 382 g/mol. The SMILES string of the molecule is Cc1ccc(C)c(NC(=O)[C@@H](OC(=O)CCCCCNC(N)=O)c2ccccc2)c1. The number of benzene rings is 2. The van der Waals surface area contributed by atoms with Gasteiger partial charge < -0.3 is 21.1 Å². The van der Waals surface area contributed by atoms with Gasteiger partial charge >= 0.3 is 12.0 Å². The molecule has 160 valence electrons. The summed E-state index contributed by atoms with van der Waals surface area (Å²) in [6.07, 6.45) is 1.21. The van der Waals surface area contributed by atoms with Crippen molar-refractivity contribution in [1.82, 2.24) is 5.32 Å². The van der Waals surface area contributed by atoms with Gasteiger partial charge in [0, 0.05) is 24.2 Å². The van der Waals surface area contributed by atoms with E-state index in [2.05, 4.69) is 10.6 Å². The molecule has 0 heterocycles. The van der Waals surface area contributed by atoms with Crippen LogP contribution in [0.3, 0.4) is 0 Å². The number of anilines is 1. The molecule has 0 aliphatic rings. The molecule has 2 rings (SSSR count). The maximum Gasteiger partial charge on any atom is 0.312 e. The molecule has 0 unspecified atom stereocenters. The summed E-state index contributed by atoms with van der Waals surface area (Å²) in [6, 6.07) is 14.2. The Morgan fingerprint density at radius 1 is 1.00 bits per heavy atom. The second kappa shape index (κ2) is 11.6. The van der Waals surface area contributed by atoms with E-state index in [1.54, 1.807) is 24.3 Å². The Hall–Kier alpha value is -3.35. The van der Waals surface area contributed by atoms with Gasteiger partial charge in [-0.25, -0.2) is 4.79 Å². The van der Waals surface area contributed by atoms with Gasteiger partial charge in [-0.1, -0.05) is 48.9 Å². The number of urea groups is 1. The van der Waals surface area contributed by atoms with Crippen LogP contribution in [0, 0.1) is 13.8 Å². The Morgan fingerprint density at radius 3 is 2.43 bits per heavy atom. The summed E-state index contributed by atoms with van der Waals surface area (Å²) in [4.78, 5) is 35.9. The lowest BCUT2D eigenvalue weighted by Gasteiger charge is -2.19. The van der Waals surface area contributed by atoms with Crippen LogP contribution in [0.15, 0.2) is 48.5 Å². The minimum Gasteiger partial charge on any atom is -0.447 e. The van der Waals surface area contributed by atoms with Crippen LogP contribution < -0.4 is 16.4 Å². The summed E-state index contributed by atoms with van der Waals surface area (Å²) in [6.45, 7) is 4.32. The first-order valence-electron chi connectivity index (χ1n) is 10.0.